The molecule has 0 unspecified atom stereocenters. The number of rotatable bonds is 6. The standard InChI is InChI=1S/C23H27N5O2/c1-15-13-21-25-16(2)20(17(3)28(21)26-15)10-11-22(29)24-14-18-6-8-19(9-7-18)27-12-4-5-23(27)30/h6-9,13H,4-5,10-12,14H2,1-3H3,(H,24,29). The molecule has 7 nitrogen and oxygen atoms in total. The minimum absolute atomic E-state index is 0.00402. The van der Waals surface area contributed by atoms with Crippen molar-refractivity contribution in [2.24, 2.45) is 0 Å². The molecule has 0 atom stereocenters. The molecule has 0 aliphatic carbocycles. The van der Waals surface area contributed by atoms with Gasteiger partial charge in [0, 0.05) is 49.1 Å². The zero-order valence-electron chi connectivity index (χ0n) is 17.7. The molecule has 2 aromatic heterocycles. The Hall–Kier alpha value is -3.22. The molecule has 30 heavy (non-hydrogen) atoms. The molecule has 3 heterocycles. The second kappa shape index (κ2) is 8.26. The molecular formula is C23H27N5O2. The van der Waals surface area contributed by atoms with E-state index < -0.39 is 0 Å². The van der Waals surface area contributed by atoms with Gasteiger partial charge in [0.2, 0.25) is 11.8 Å². The van der Waals surface area contributed by atoms with Crippen LogP contribution in [0.25, 0.3) is 5.65 Å². The maximum absolute atomic E-state index is 12.4. The number of amides is 2. The van der Waals surface area contributed by atoms with Gasteiger partial charge in [-0.25, -0.2) is 9.50 Å². The molecular weight excluding hydrogens is 378 g/mol. The van der Waals surface area contributed by atoms with Gasteiger partial charge >= 0.3 is 0 Å². The zero-order valence-corrected chi connectivity index (χ0v) is 17.7. The summed E-state index contributed by atoms with van der Waals surface area (Å²) in [5.41, 5.74) is 6.76. The number of carbonyl (C=O) groups excluding carboxylic acids is 2. The maximum Gasteiger partial charge on any atom is 0.227 e. The summed E-state index contributed by atoms with van der Waals surface area (Å²) < 4.78 is 1.85. The van der Waals surface area contributed by atoms with Crippen LogP contribution in [-0.2, 0) is 22.6 Å². The fraction of sp³-hybridized carbons (Fsp3) is 0.391. The third kappa shape index (κ3) is 4.06. The van der Waals surface area contributed by atoms with Crippen molar-refractivity contribution in [2.75, 3.05) is 11.4 Å². The third-order valence-corrected chi connectivity index (χ3v) is 5.70. The number of nitrogens with zero attached hydrogens (tertiary/aromatic N) is 4. The maximum atomic E-state index is 12.4. The van der Waals surface area contributed by atoms with Crippen LogP contribution < -0.4 is 10.2 Å². The summed E-state index contributed by atoms with van der Waals surface area (Å²) in [6.07, 6.45) is 2.56. The fourth-order valence-corrected chi connectivity index (χ4v) is 4.05. The van der Waals surface area contributed by atoms with Crippen molar-refractivity contribution in [2.45, 2.75) is 53.0 Å². The Kier molecular flexibility index (Phi) is 5.53. The molecule has 0 radical (unpaired) electrons. The number of nitrogens with one attached hydrogen (secondary N) is 1. The van der Waals surface area contributed by atoms with Gasteiger partial charge < -0.3 is 10.2 Å². The van der Waals surface area contributed by atoms with Gasteiger partial charge in [0.25, 0.3) is 0 Å². The second-order valence-electron chi connectivity index (χ2n) is 7.91. The molecule has 7 heteroatoms. The van der Waals surface area contributed by atoms with Gasteiger partial charge in [-0.3, -0.25) is 9.59 Å². The van der Waals surface area contributed by atoms with Crippen LogP contribution in [0.1, 0.15) is 47.5 Å². The average molecular weight is 406 g/mol. The van der Waals surface area contributed by atoms with Crippen molar-refractivity contribution >= 4 is 23.1 Å². The monoisotopic (exact) mass is 405 g/mol. The highest BCUT2D eigenvalue weighted by Crippen LogP contribution is 2.21. The van der Waals surface area contributed by atoms with Crippen LogP contribution in [-0.4, -0.2) is 33.0 Å². The Bertz CT molecular complexity index is 1100. The van der Waals surface area contributed by atoms with Gasteiger partial charge in [-0.15, -0.1) is 0 Å². The predicted molar refractivity (Wildman–Crippen MR) is 115 cm³/mol. The Morgan fingerprint density at radius 3 is 2.63 bits per heavy atom. The first-order valence-electron chi connectivity index (χ1n) is 10.4. The van der Waals surface area contributed by atoms with Crippen molar-refractivity contribution in [3.63, 3.8) is 0 Å². The Morgan fingerprint density at radius 1 is 1.17 bits per heavy atom. The van der Waals surface area contributed by atoms with E-state index in [2.05, 4.69) is 15.4 Å². The molecule has 0 bridgehead atoms. The van der Waals surface area contributed by atoms with Gasteiger partial charge in [0.15, 0.2) is 5.65 Å². The van der Waals surface area contributed by atoms with Crippen molar-refractivity contribution < 1.29 is 9.59 Å². The Labute approximate surface area is 176 Å². The smallest absolute Gasteiger partial charge is 0.227 e. The Morgan fingerprint density at radius 2 is 1.93 bits per heavy atom. The summed E-state index contributed by atoms with van der Waals surface area (Å²) >= 11 is 0. The Balaban J connectivity index is 1.33. The van der Waals surface area contributed by atoms with E-state index in [1.54, 1.807) is 0 Å². The first-order valence-corrected chi connectivity index (χ1v) is 10.4. The molecule has 1 aliphatic rings. The lowest BCUT2D eigenvalue weighted by molar-refractivity contribution is -0.121. The molecule has 1 aliphatic heterocycles. The number of benzene rings is 1. The van der Waals surface area contributed by atoms with Gasteiger partial charge in [-0.05, 0) is 56.9 Å². The molecule has 1 fully saturated rings. The lowest BCUT2D eigenvalue weighted by Gasteiger charge is -2.16. The number of fused-ring (bicyclic) bond motifs is 1. The fourth-order valence-electron chi connectivity index (χ4n) is 4.05. The molecule has 0 spiro atoms. The number of hydrogen-bond acceptors (Lipinski definition) is 4. The average Bonchev–Trinajstić information content (AvgIpc) is 3.31. The van der Waals surface area contributed by atoms with Crippen LogP contribution in [0.2, 0.25) is 0 Å². The second-order valence-corrected chi connectivity index (χ2v) is 7.91. The first kappa shape index (κ1) is 20.1. The highest BCUT2D eigenvalue weighted by Gasteiger charge is 2.21. The number of hydrogen-bond donors (Lipinski definition) is 1. The minimum Gasteiger partial charge on any atom is -0.352 e. The number of aromatic nitrogens is 3. The van der Waals surface area contributed by atoms with Crippen LogP contribution in [0.5, 0.6) is 0 Å². The highest BCUT2D eigenvalue weighted by atomic mass is 16.2. The molecule has 1 aromatic carbocycles. The van der Waals surface area contributed by atoms with E-state index in [-0.39, 0.29) is 11.8 Å². The van der Waals surface area contributed by atoms with Crippen LogP contribution >= 0.6 is 0 Å². The highest BCUT2D eigenvalue weighted by molar-refractivity contribution is 5.95. The molecule has 4 rings (SSSR count). The van der Waals surface area contributed by atoms with E-state index in [0.29, 0.717) is 25.8 Å². The zero-order chi connectivity index (χ0) is 21.3. The summed E-state index contributed by atoms with van der Waals surface area (Å²) in [6, 6.07) is 9.79. The lowest BCUT2D eigenvalue weighted by atomic mass is 10.1. The summed E-state index contributed by atoms with van der Waals surface area (Å²) in [5.74, 6) is 0.184. The number of anilines is 1. The first-order chi connectivity index (χ1) is 14.4. The van der Waals surface area contributed by atoms with Crippen molar-refractivity contribution in [3.8, 4) is 0 Å². The van der Waals surface area contributed by atoms with Gasteiger partial charge in [0.1, 0.15) is 0 Å². The van der Waals surface area contributed by atoms with Crippen LogP contribution in [0.3, 0.4) is 0 Å². The van der Waals surface area contributed by atoms with Gasteiger partial charge in [0.05, 0.1) is 5.69 Å². The number of carbonyl (C=O) groups is 2. The van der Waals surface area contributed by atoms with Crippen LogP contribution in [0.4, 0.5) is 5.69 Å². The van der Waals surface area contributed by atoms with E-state index in [4.69, 9.17) is 0 Å². The molecule has 1 N–H and O–H groups in total. The summed E-state index contributed by atoms with van der Waals surface area (Å²) in [5, 5.41) is 7.47. The molecule has 2 amide bonds. The van der Waals surface area contributed by atoms with Crippen LogP contribution in [0.15, 0.2) is 30.3 Å². The SMILES string of the molecule is Cc1cc2nc(C)c(CCC(=O)NCc3ccc(N4CCCC4=O)cc3)c(C)n2n1. The molecule has 3 aromatic rings. The van der Waals surface area contributed by atoms with Crippen LogP contribution in [0, 0.1) is 20.8 Å². The minimum atomic E-state index is 0.00402. The van der Waals surface area contributed by atoms with E-state index in [9.17, 15) is 9.59 Å². The van der Waals surface area contributed by atoms with Crippen molar-refractivity contribution in [1.29, 1.82) is 0 Å². The van der Waals surface area contributed by atoms with E-state index in [0.717, 1.165) is 52.5 Å². The molecule has 156 valence electrons. The largest absolute Gasteiger partial charge is 0.352 e. The van der Waals surface area contributed by atoms with Crippen molar-refractivity contribution in [3.05, 3.63) is 58.5 Å². The van der Waals surface area contributed by atoms with E-state index in [1.165, 1.54) is 0 Å². The normalized spacial score (nSPS) is 14.0. The summed E-state index contributed by atoms with van der Waals surface area (Å²) in [6.45, 7) is 7.21. The quantitative estimate of drug-likeness (QED) is 0.684. The molecule has 0 saturated carbocycles. The predicted octanol–water partition coefficient (Wildman–Crippen LogP) is 3.03. The van der Waals surface area contributed by atoms with Gasteiger partial charge in [-0.2, -0.15) is 5.10 Å². The number of aryl methyl sites for hydroxylation is 3. The van der Waals surface area contributed by atoms with E-state index in [1.807, 2.05) is 60.5 Å². The summed E-state index contributed by atoms with van der Waals surface area (Å²) in [7, 11) is 0. The lowest BCUT2D eigenvalue weighted by Crippen LogP contribution is -2.24. The third-order valence-electron chi connectivity index (χ3n) is 5.70. The van der Waals surface area contributed by atoms with Gasteiger partial charge in [-0.1, -0.05) is 12.1 Å². The summed E-state index contributed by atoms with van der Waals surface area (Å²) in [4.78, 5) is 30.7. The van der Waals surface area contributed by atoms with E-state index >= 15 is 0 Å². The topological polar surface area (TPSA) is 79.6 Å². The van der Waals surface area contributed by atoms with Crippen molar-refractivity contribution in [1.82, 2.24) is 19.9 Å². The molecule has 1 saturated heterocycles.